The summed E-state index contributed by atoms with van der Waals surface area (Å²) >= 11 is 0. The first-order valence-electron chi connectivity index (χ1n) is 51.9. The first-order valence-corrected chi connectivity index (χ1v) is 51.9. The van der Waals surface area contributed by atoms with Crippen LogP contribution in [0.5, 0.6) is 0 Å². The molecule has 32 atom stereocenters. The minimum absolute atomic E-state index is 0.00257. The Morgan fingerprint density at radius 3 is 1.01 bits per heavy atom. The van der Waals surface area contributed by atoms with E-state index in [0.717, 1.165) is 124 Å². The van der Waals surface area contributed by atoms with Gasteiger partial charge in [0.15, 0.2) is 0 Å². The van der Waals surface area contributed by atoms with Gasteiger partial charge in [-0.1, -0.05) is 82.8 Å². The number of hydrogen-bond acceptors (Lipinski definition) is 26. The van der Waals surface area contributed by atoms with Crippen LogP contribution in [0, 0.1) is 114 Å². The summed E-state index contributed by atoms with van der Waals surface area (Å²) in [5.74, 6) is 0.886. The van der Waals surface area contributed by atoms with E-state index in [1.165, 1.54) is 5.57 Å². The third-order valence-electron chi connectivity index (χ3n) is 42.4. The van der Waals surface area contributed by atoms with Crippen molar-refractivity contribution in [3.8, 4) is 0 Å². The van der Waals surface area contributed by atoms with Crippen molar-refractivity contribution >= 4 is 54.5 Å². The summed E-state index contributed by atoms with van der Waals surface area (Å²) in [6.07, 6.45) is 36.7. The smallest absolute Gasteiger partial charge is 0.332 e. The molecule has 17 N–H and O–H groups in total. The number of nitrogens with zero attached hydrogens (tertiary/aromatic N) is 4. The molecule has 16 saturated carbocycles. The Labute approximate surface area is 805 Å². The van der Waals surface area contributed by atoms with Gasteiger partial charge in [-0.05, 0) is 323 Å². The van der Waals surface area contributed by atoms with Crippen LogP contribution in [0.1, 0.15) is 264 Å². The predicted molar refractivity (Wildman–Crippen MR) is 513 cm³/mol. The summed E-state index contributed by atoms with van der Waals surface area (Å²) in [5, 5.41) is 157. The fraction of sp³-hybridized carbons (Fsp3) is 0.725. The van der Waals surface area contributed by atoms with E-state index < -0.39 is 96.9 Å². The summed E-state index contributed by atoms with van der Waals surface area (Å²) in [4.78, 5) is 56.0. The monoisotopic (exact) mass is 1890 g/mol. The Morgan fingerprint density at radius 1 is 0.387 bits per heavy atom. The molecular weight excluding hydrogens is 1740 g/mol. The fourth-order valence-electron chi connectivity index (χ4n) is 35.6. The molecule has 2 aromatic carbocycles. The number of rotatable bonds is 15. The van der Waals surface area contributed by atoms with Crippen LogP contribution in [-0.4, -0.2) is 224 Å². The number of anilines is 1. The number of ether oxygens (including phenoxy) is 4. The van der Waals surface area contributed by atoms with Gasteiger partial charge in [-0.3, -0.25) is 15.4 Å². The number of benzene rings is 2. The average molecular weight is 1900 g/mol. The third kappa shape index (κ3) is 15.6. The number of hydrogen-bond donors (Lipinski definition) is 16. The van der Waals surface area contributed by atoms with E-state index >= 15 is 0 Å². The number of allylic oxidation sites excluding steroid dienone is 1. The van der Waals surface area contributed by atoms with Crippen LogP contribution < -0.4 is 16.6 Å². The van der Waals surface area contributed by atoms with Crippen molar-refractivity contribution in [2.24, 2.45) is 140 Å². The van der Waals surface area contributed by atoms with Gasteiger partial charge in [-0.2, -0.15) is 10.2 Å². The number of aliphatic hydroxyl groups is 13. The lowest BCUT2D eigenvalue weighted by molar-refractivity contribution is -0.237. The first kappa shape index (κ1) is 98.4. The topological polar surface area (TPSA) is 468 Å². The molecule has 20 unspecified atom stereocenters. The molecule has 0 bridgehead atoms. The number of para-hydroxylation sites is 1. The molecule has 16 fully saturated rings. The molecule has 20 aliphatic rings. The summed E-state index contributed by atoms with van der Waals surface area (Å²) in [7, 11) is 0. The number of carbonyl (C=O) groups is 4. The van der Waals surface area contributed by atoms with E-state index in [-0.39, 0.29) is 124 Å². The van der Waals surface area contributed by atoms with Gasteiger partial charge >= 0.3 is 23.9 Å². The first-order chi connectivity index (χ1) is 65.2. The van der Waals surface area contributed by atoms with Crippen molar-refractivity contribution in [1.29, 1.82) is 0 Å². The number of hydrazone groups is 2. The van der Waals surface area contributed by atoms with Crippen LogP contribution in [0.25, 0.3) is 0 Å². The second-order valence-corrected chi connectivity index (χ2v) is 47.4. The zero-order chi connectivity index (χ0) is 96.8. The van der Waals surface area contributed by atoms with Gasteiger partial charge in [-0.15, -0.1) is 0 Å². The molecule has 28 nitrogen and oxygen atoms in total. The maximum Gasteiger partial charge on any atom is 0.332 e. The predicted octanol–water partition coefficient (Wildman–Crippen LogP) is 11.9. The van der Waals surface area contributed by atoms with Crippen LogP contribution in [0.3, 0.4) is 0 Å². The third-order valence-corrected chi connectivity index (χ3v) is 42.4. The highest BCUT2D eigenvalue weighted by Crippen LogP contribution is 2.77. The van der Waals surface area contributed by atoms with Crippen molar-refractivity contribution in [2.75, 3.05) is 45.0 Å². The van der Waals surface area contributed by atoms with Crippen molar-refractivity contribution in [3.05, 3.63) is 125 Å². The van der Waals surface area contributed by atoms with Gasteiger partial charge < -0.3 is 91.1 Å². The molecule has 0 aromatic heterocycles. The molecule has 2 amide bonds. The van der Waals surface area contributed by atoms with Crippen LogP contribution in [0.15, 0.2) is 140 Å². The molecule has 4 heterocycles. The zero-order valence-corrected chi connectivity index (χ0v) is 80.7. The Bertz CT molecular complexity index is 5010. The SMILES string of the molecule is C=C1C=C(C2CCC3(O)[C@@H]4CCC5(O)C[C@H](O)CCC5(/C=N/NC(N)=O)[C@H]4CCC23C)CO1.CC12CC[C@H]3[C@@H](CCC4(O)C[C@H](O)CCC34/C=N/Nc3ccccc3)C1(O)CCC2C1=CC(=O)OC1.CC12CC[C@H]3[C@@H](CCC4(O)C[C@H](O)CCC34C=NCCO)C1(O)CCC2C1=CC(=O)OC1.CC12CC[C@H]3[C@@H](CCC4(O)C[C@H](O)CCC34C=NCc3ccccc3)C1(O)CCC2C1=CC(=O)OC1. The van der Waals surface area contributed by atoms with E-state index in [9.17, 15) is 85.6 Å². The number of amides is 2. The summed E-state index contributed by atoms with van der Waals surface area (Å²) in [6, 6.07) is 19.2. The highest BCUT2D eigenvalue weighted by atomic mass is 16.5. The van der Waals surface area contributed by atoms with Gasteiger partial charge in [0, 0.05) is 112 Å². The Hall–Kier alpha value is -7.42. The number of aliphatic imine (C=N–C) groups is 2. The number of nitrogens with one attached hydrogen (secondary N) is 2. The van der Waals surface area contributed by atoms with Gasteiger partial charge in [0.25, 0.3) is 0 Å². The minimum atomic E-state index is -1.13. The normalized spacial score (nSPS) is 47.8. The Kier molecular flexibility index (Phi) is 26.0. The van der Waals surface area contributed by atoms with E-state index in [1.54, 1.807) is 24.4 Å². The molecule has 4 aliphatic heterocycles. The lowest BCUT2D eigenvalue weighted by atomic mass is 9.41. The van der Waals surface area contributed by atoms with E-state index in [2.05, 4.69) is 72.5 Å². The molecule has 748 valence electrons. The number of nitrogens with two attached hydrogens (primary N) is 1. The van der Waals surface area contributed by atoms with E-state index in [4.69, 9.17) is 29.7 Å². The molecule has 137 heavy (non-hydrogen) atoms. The van der Waals surface area contributed by atoms with Crippen molar-refractivity contribution in [2.45, 2.75) is 335 Å². The van der Waals surface area contributed by atoms with E-state index in [0.29, 0.717) is 174 Å². The van der Waals surface area contributed by atoms with Crippen LogP contribution in [0.2, 0.25) is 0 Å². The minimum Gasteiger partial charge on any atom is -0.490 e. The summed E-state index contributed by atoms with van der Waals surface area (Å²) < 4.78 is 21.3. The van der Waals surface area contributed by atoms with Gasteiger partial charge in [0.2, 0.25) is 0 Å². The number of fused-ring (bicyclic) bond motifs is 20. The van der Waals surface area contributed by atoms with Gasteiger partial charge in [-0.25, -0.2) is 24.6 Å². The van der Waals surface area contributed by atoms with Crippen LogP contribution in [0.4, 0.5) is 10.5 Å². The van der Waals surface area contributed by atoms with Crippen LogP contribution >= 0.6 is 0 Å². The lowest BCUT2D eigenvalue weighted by Gasteiger charge is -2.65. The van der Waals surface area contributed by atoms with Gasteiger partial charge in [0.05, 0.1) is 94.6 Å². The number of urea groups is 1. The lowest BCUT2D eigenvalue weighted by Crippen LogP contribution is -2.68. The highest BCUT2D eigenvalue weighted by Gasteiger charge is 2.77. The Balaban J connectivity index is 0.000000117. The largest absolute Gasteiger partial charge is 0.490 e. The molecular formula is C109H151N7O21. The summed E-state index contributed by atoms with van der Waals surface area (Å²) in [5.41, 5.74) is 5.52. The molecule has 0 saturated heterocycles. The van der Waals surface area contributed by atoms with E-state index in [1.807, 2.05) is 73.3 Å². The maximum atomic E-state index is 12.5. The number of primary amides is 1. The van der Waals surface area contributed by atoms with Crippen LogP contribution in [-0.2, 0) is 39.9 Å². The molecule has 0 spiro atoms. The second-order valence-electron chi connectivity index (χ2n) is 47.4. The summed E-state index contributed by atoms with van der Waals surface area (Å²) in [6.45, 7) is 15.1. The molecule has 22 rings (SSSR count). The van der Waals surface area contributed by atoms with Crippen molar-refractivity contribution in [1.82, 2.24) is 5.43 Å². The molecule has 28 heteroatoms. The fourth-order valence-corrected chi connectivity index (χ4v) is 35.6. The van der Waals surface area contributed by atoms with Gasteiger partial charge in [0.1, 0.15) is 32.2 Å². The van der Waals surface area contributed by atoms with Crippen molar-refractivity contribution < 1.29 is 105 Å². The number of esters is 3. The highest BCUT2D eigenvalue weighted by molar-refractivity contribution is 5.87. The quantitative estimate of drug-likeness (QED) is 0.0341. The second kappa shape index (κ2) is 36.2. The van der Waals surface area contributed by atoms with Crippen molar-refractivity contribution in [3.63, 3.8) is 0 Å². The standard InChI is InChI=1S/C30H39NO5.C29H38N2O5.C25H37N3O5.C25H37NO6/c1-27-11-8-24-25(30(27,35)14-10-23(27)21-15-26(33)36-18-21)9-13-29(34)16-22(32)7-12-28(24,29)19-31-17-20-5-3-2-4-6-20;1-26-11-8-23-24(29(26,35)14-10-22(26)19-15-25(33)36-17-19)9-13-28(34)16-21(32)7-12-27(23,28)18-30-31-20-5-3-2-4-6-20;1-15-11-16(13-33-15)18-6-10-25(32)20-5-9-24(31)12-17(29)3-8-23(24,14-27-28-21(26)30)19(20)4-7-22(18,25)2;1-22-6-3-19-20(25(22,31)9-5-18(22)16-12-21(29)32-14-16)4-8-24(30)13-17(28)2-7-23(19,24)15-26-10-11-27/h2-6,15,19,22-25,32,34-35H,7-14,16-18H2,1H3;2-6,15,18,21-24,31-32,34-35H,7-14,16-17H2,1H3;11,14,17-20,29,31-32H,1,3-10,12-13H2,2H3,(H3,26,28,30);12,15,17-20,27-28,30-31H,2-11,13-14H2,1H3/b;30-18+;27-14+;/t22-,23?,24+,25-,27?,28?,29?,30?;21-,22?,23+,24-,26?,27?,28?,29?;2*17-,18?,19+,20-,22?,23?,24?,25?/m1111/s1. The molecule has 16 aliphatic carbocycles. The number of aliphatic hydroxyl groups excluding tert-OH is 5. The average Bonchev–Trinajstić information content (AvgIpc) is 1.53. The molecule has 0 radical (unpaired) electrons. The molecule has 2 aromatic rings. The number of carbonyl (C=O) groups excluding carboxylic acids is 4. The zero-order valence-electron chi connectivity index (χ0n) is 80.7. The maximum absolute atomic E-state index is 12.5. The number of cyclic esters (lactones) is 3. The Morgan fingerprint density at radius 2 is 0.693 bits per heavy atom.